The highest BCUT2D eigenvalue weighted by Gasteiger charge is 2.35. The highest BCUT2D eigenvalue weighted by atomic mass is 15.2. The summed E-state index contributed by atoms with van der Waals surface area (Å²) in [6, 6.07) is 2.09. The summed E-state index contributed by atoms with van der Waals surface area (Å²) in [7, 11) is 0. The molecule has 4 nitrogen and oxygen atoms in total. The highest BCUT2D eigenvalue weighted by molar-refractivity contribution is 5.87. The molecule has 0 bridgehead atoms. The Labute approximate surface area is 106 Å². The van der Waals surface area contributed by atoms with Gasteiger partial charge < -0.3 is 9.88 Å². The maximum atomic E-state index is 4.51. The van der Waals surface area contributed by atoms with Crippen LogP contribution in [0.2, 0.25) is 0 Å². The molecule has 1 aliphatic carbocycles. The van der Waals surface area contributed by atoms with Crippen LogP contribution in [0.1, 0.15) is 25.7 Å². The molecular weight excluding hydrogens is 224 g/mol. The lowest BCUT2D eigenvalue weighted by molar-refractivity contribution is 0.299. The van der Waals surface area contributed by atoms with E-state index in [2.05, 4.69) is 25.9 Å². The van der Waals surface area contributed by atoms with Crippen LogP contribution in [0.15, 0.2) is 18.6 Å². The number of nitrogens with one attached hydrogen (secondary N) is 1. The van der Waals surface area contributed by atoms with Crippen molar-refractivity contribution in [2.45, 2.75) is 25.7 Å². The molecule has 2 unspecified atom stereocenters. The summed E-state index contributed by atoms with van der Waals surface area (Å²) in [5, 5.41) is 1.16. The van der Waals surface area contributed by atoms with Crippen LogP contribution in [0.4, 0.5) is 5.82 Å². The van der Waals surface area contributed by atoms with E-state index in [1.807, 2.05) is 6.20 Å². The molecule has 1 N–H and O–H groups in total. The lowest BCUT2D eigenvalue weighted by Gasteiger charge is -2.22. The predicted octanol–water partition coefficient (Wildman–Crippen LogP) is 2.58. The minimum absolute atomic E-state index is 0.891. The third-order valence-electron chi connectivity index (χ3n) is 4.61. The molecule has 2 aromatic heterocycles. The monoisotopic (exact) mass is 242 g/mol. The Morgan fingerprint density at radius 3 is 2.67 bits per heavy atom. The van der Waals surface area contributed by atoms with E-state index in [1.165, 1.54) is 38.8 Å². The van der Waals surface area contributed by atoms with E-state index >= 15 is 0 Å². The van der Waals surface area contributed by atoms with Crippen LogP contribution in [0, 0.1) is 11.8 Å². The predicted molar refractivity (Wildman–Crippen MR) is 71.5 cm³/mol. The summed E-state index contributed by atoms with van der Waals surface area (Å²) in [6.07, 6.45) is 9.27. The molecule has 4 heteroatoms. The van der Waals surface area contributed by atoms with E-state index in [4.69, 9.17) is 0 Å². The van der Waals surface area contributed by atoms with Gasteiger partial charge in [0, 0.05) is 19.3 Å². The molecule has 1 saturated heterocycles. The van der Waals surface area contributed by atoms with Gasteiger partial charge in [0.1, 0.15) is 17.8 Å². The van der Waals surface area contributed by atoms with E-state index in [9.17, 15) is 0 Å². The molecule has 94 valence electrons. The summed E-state index contributed by atoms with van der Waals surface area (Å²) in [6.45, 7) is 2.37. The van der Waals surface area contributed by atoms with Gasteiger partial charge >= 0.3 is 0 Å². The molecule has 0 aromatic carbocycles. The third-order valence-corrected chi connectivity index (χ3v) is 4.61. The Bertz CT molecular complexity index is 548. The van der Waals surface area contributed by atoms with Crippen LogP contribution in [-0.2, 0) is 0 Å². The van der Waals surface area contributed by atoms with Crippen molar-refractivity contribution in [2.75, 3.05) is 18.0 Å². The molecule has 0 spiro atoms. The first-order valence-electron chi connectivity index (χ1n) is 6.95. The van der Waals surface area contributed by atoms with Crippen molar-refractivity contribution in [2.24, 2.45) is 11.8 Å². The molecule has 2 aliphatic rings. The topological polar surface area (TPSA) is 44.8 Å². The summed E-state index contributed by atoms with van der Waals surface area (Å²) < 4.78 is 0. The molecule has 2 atom stereocenters. The second kappa shape index (κ2) is 3.97. The summed E-state index contributed by atoms with van der Waals surface area (Å²) in [5.41, 5.74) is 0.954. The number of aromatic nitrogens is 3. The van der Waals surface area contributed by atoms with Crippen LogP contribution < -0.4 is 4.90 Å². The van der Waals surface area contributed by atoms with Gasteiger partial charge in [0.25, 0.3) is 0 Å². The minimum Gasteiger partial charge on any atom is -0.355 e. The Hall–Kier alpha value is -1.58. The standard InChI is InChI=1S/C14H18N4/c1-2-4-11-8-18(7-10(11)3-1)14-12-5-6-15-13(12)16-9-17-14/h5-6,9-11H,1-4,7-8H2,(H,15,16,17). The van der Waals surface area contributed by atoms with Crippen molar-refractivity contribution in [3.05, 3.63) is 18.6 Å². The molecule has 18 heavy (non-hydrogen) atoms. The number of nitrogens with zero attached hydrogens (tertiary/aromatic N) is 3. The summed E-state index contributed by atoms with van der Waals surface area (Å²) in [5.74, 6) is 2.90. The summed E-state index contributed by atoms with van der Waals surface area (Å²) in [4.78, 5) is 14.4. The average Bonchev–Trinajstić information content (AvgIpc) is 3.04. The molecule has 1 aliphatic heterocycles. The maximum Gasteiger partial charge on any atom is 0.142 e. The lowest BCUT2D eigenvalue weighted by atomic mass is 9.82. The second-order valence-electron chi connectivity index (χ2n) is 5.65. The summed E-state index contributed by atoms with van der Waals surface area (Å²) >= 11 is 0. The molecule has 0 radical (unpaired) electrons. The van der Waals surface area contributed by atoms with E-state index < -0.39 is 0 Å². The number of aromatic amines is 1. The van der Waals surface area contributed by atoms with Gasteiger partial charge in [0.15, 0.2) is 0 Å². The minimum atomic E-state index is 0.891. The molecule has 2 aromatic rings. The highest BCUT2D eigenvalue weighted by Crippen LogP contribution is 2.38. The van der Waals surface area contributed by atoms with Crippen LogP contribution >= 0.6 is 0 Å². The van der Waals surface area contributed by atoms with Crippen LogP contribution in [-0.4, -0.2) is 28.0 Å². The van der Waals surface area contributed by atoms with E-state index in [0.717, 1.165) is 28.7 Å². The van der Waals surface area contributed by atoms with Crippen molar-refractivity contribution in [3.63, 3.8) is 0 Å². The van der Waals surface area contributed by atoms with Gasteiger partial charge in [-0.05, 0) is 30.7 Å². The van der Waals surface area contributed by atoms with E-state index in [1.54, 1.807) is 6.33 Å². The zero-order valence-electron chi connectivity index (χ0n) is 10.5. The Kier molecular flexibility index (Phi) is 2.28. The van der Waals surface area contributed by atoms with Crippen molar-refractivity contribution < 1.29 is 0 Å². The quantitative estimate of drug-likeness (QED) is 0.836. The number of rotatable bonds is 1. The normalized spacial score (nSPS) is 27.7. The Morgan fingerprint density at radius 2 is 1.89 bits per heavy atom. The fourth-order valence-electron chi connectivity index (χ4n) is 3.69. The van der Waals surface area contributed by atoms with Gasteiger partial charge in [-0.1, -0.05) is 12.8 Å². The van der Waals surface area contributed by atoms with Gasteiger partial charge in [0.2, 0.25) is 0 Å². The van der Waals surface area contributed by atoms with Crippen molar-refractivity contribution in [3.8, 4) is 0 Å². The number of anilines is 1. The number of H-pyrrole nitrogens is 1. The first-order chi connectivity index (χ1) is 8.92. The van der Waals surface area contributed by atoms with Gasteiger partial charge in [-0.3, -0.25) is 0 Å². The van der Waals surface area contributed by atoms with E-state index in [0.29, 0.717) is 0 Å². The molecule has 0 amide bonds. The van der Waals surface area contributed by atoms with Crippen molar-refractivity contribution >= 4 is 16.9 Å². The SMILES string of the molecule is c1nc(N2CC3CCCCC3C2)c2cc[nH]c2n1. The smallest absolute Gasteiger partial charge is 0.142 e. The van der Waals surface area contributed by atoms with Crippen LogP contribution in [0.3, 0.4) is 0 Å². The van der Waals surface area contributed by atoms with Crippen LogP contribution in [0.25, 0.3) is 11.0 Å². The zero-order chi connectivity index (χ0) is 11.9. The first-order valence-corrected chi connectivity index (χ1v) is 6.95. The molecule has 1 saturated carbocycles. The van der Waals surface area contributed by atoms with E-state index in [-0.39, 0.29) is 0 Å². The van der Waals surface area contributed by atoms with Crippen molar-refractivity contribution in [1.29, 1.82) is 0 Å². The first kappa shape index (κ1) is 10.4. The fourth-order valence-corrected chi connectivity index (χ4v) is 3.69. The van der Waals surface area contributed by atoms with Crippen LogP contribution in [0.5, 0.6) is 0 Å². The lowest BCUT2D eigenvalue weighted by Crippen LogP contribution is -2.21. The Balaban J connectivity index is 1.69. The number of hydrogen-bond donors (Lipinski definition) is 1. The third kappa shape index (κ3) is 1.51. The van der Waals surface area contributed by atoms with Gasteiger partial charge in [-0.2, -0.15) is 0 Å². The second-order valence-corrected chi connectivity index (χ2v) is 5.65. The Morgan fingerprint density at radius 1 is 1.11 bits per heavy atom. The van der Waals surface area contributed by atoms with Crippen molar-refractivity contribution in [1.82, 2.24) is 15.0 Å². The fraction of sp³-hybridized carbons (Fsp3) is 0.571. The molecule has 3 heterocycles. The number of fused-ring (bicyclic) bond motifs is 2. The van der Waals surface area contributed by atoms with Gasteiger partial charge in [0.05, 0.1) is 5.39 Å². The number of hydrogen-bond acceptors (Lipinski definition) is 3. The zero-order valence-corrected chi connectivity index (χ0v) is 10.5. The largest absolute Gasteiger partial charge is 0.355 e. The average molecular weight is 242 g/mol. The van der Waals surface area contributed by atoms with Gasteiger partial charge in [-0.15, -0.1) is 0 Å². The van der Waals surface area contributed by atoms with Gasteiger partial charge in [-0.25, -0.2) is 9.97 Å². The molecule has 2 fully saturated rings. The maximum absolute atomic E-state index is 4.51. The molecule has 4 rings (SSSR count). The molecular formula is C14H18N4.